The quantitative estimate of drug-likeness (QED) is 0.0903. The molecule has 72 heavy (non-hydrogen) atoms. The van der Waals surface area contributed by atoms with E-state index in [2.05, 4.69) is 203 Å². The van der Waals surface area contributed by atoms with Crippen LogP contribution < -0.4 is 0 Å². The molecule has 0 radical (unpaired) electrons. The zero-order valence-electron chi connectivity index (χ0n) is 39.0. The number of ketones is 2. The van der Waals surface area contributed by atoms with E-state index in [-0.39, 0.29) is 11.6 Å². The van der Waals surface area contributed by atoms with Crippen LogP contribution >= 0.6 is 63.7 Å². The molecule has 2 atom stereocenters. The number of alkyl halides is 4. The van der Waals surface area contributed by atoms with Crippen molar-refractivity contribution in [2.24, 2.45) is 0 Å². The van der Waals surface area contributed by atoms with Crippen molar-refractivity contribution in [2.45, 2.75) is 12.2 Å². The van der Waals surface area contributed by atoms with E-state index in [0.717, 1.165) is 38.4 Å². The van der Waals surface area contributed by atoms with Crippen LogP contribution in [-0.2, 0) is 0 Å². The monoisotopic (exact) mass is 1200 g/mol. The van der Waals surface area contributed by atoms with Crippen molar-refractivity contribution in [1.82, 2.24) is 0 Å². The van der Waals surface area contributed by atoms with E-state index in [1.807, 2.05) is 78.9 Å². The van der Waals surface area contributed by atoms with E-state index >= 15 is 0 Å². The molecule has 0 aromatic heterocycles. The third-order valence-electron chi connectivity index (χ3n) is 13.0. The predicted molar refractivity (Wildman–Crippen MR) is 320 cm³/mol. The Balaban J connectivity index is 0.000000119. The zero-order chi connectivity index (χ0) is 50.1. The summed E-state index contributed by atoms with van der Waals surface area (Å²) in [5, 5.41) is 40.7. The topological polar surface area (TPSA) is 74.6 Å². The number of benzene rings is 12. The third kappa shape index (κ3) is 11.1. The molecule has 12 aromatic carbocycles. The number of aliphatic hydroxyl groups excluding tert-OH is 2. The van der Waals surface area contributed by atoms with Crippen LogP contribution in [-0.4, -0.2) is 43.1 Å². The van der Waals surface area contributed by atoms with Gasteiger partial charge in [-0.25, -0.2) is 0 Å². The van der Waals surface area contributed by atoms with Gasteiger partial charge in [-0.3, -0.25) is 9.59 Å². The fourth-order valence-electron chi connectivity index (χ4n) is 9.25. The highest BCUT2D eigenvalue weighted by Crippen LogP contribution is 2.32. The highest BCUT2D eigenvalue weighted by Gasteiger charge is 2.12. The molecule has 0 bridgehead atoms. The highest BCUT2D eigenvalue weighted by molar-refractivity contribution is 9.10. The van der Waals surface area contributed by atoms with Crippen LogP contribution in [0.3, 0.4) is 0 Å². The fraction of sp³-hybridized carbons (Fsp3) is 0.0938. The molecule has 0 saturated heterocycles. The van der Waals surface area contributed by atoms with Gasteiger partial charge in [0.2, 0.25) is 0 Å². The first-order valence-corrected chi connectivity index (χ1v) is 28.0. The maximum Gasteiger partial charge on any atom is 0.173 e. The largest absolute Gasteiger partial charge is 0.388 e. The maximum atomic E-state index is 11.9. The lowest BCUT2D eigenvalue weighted by Crippen LogP contribution is -2.00. The van der Waals surface area contributed by atoms with Gasteiger partial charge in [0.05, 0.1) is 22.9 Å². The first-order chi connectivity index (χ1) is 35.2. The molecular formula is C64H48Br4O4. The van der Waals surface area contributed by atoms with Crippen LogP contribution in [0, 0.1) is 0 Å². The Hall–Kier alpha value is -6.10. The normalized spacial score (nSPS) is 12.0. The van der Waals surface area contributed by atoms with Crippen LogP contribution in [0.15, 0.2) is 218 Å². The summed E-state index contributed by atoms with van der Waals surface area (Å²) in [5.41, 5.74) is 3.45. The third-order valence-corrected chi connectivity index (χ3v) is 15.2. The Kier molecular flexibility index (Phi) is 16.7. The van der Waals surface area contributed by atoms with Gasteiger partial charge in [0.15, 0.2) is 11.6 Å². The number of fused-ring (bicyclic) bond motifs is 12. The Bertz CT molecular complexity index is 3890. The van der Waals surface area contributed by atoms with Crippen molar-refractivity contribution in [3.8, 4) is 0 Å². The number of aliphatic hydroxyl groups is 2. The number of Topliss-reactive ketones (excluding diaryl/α,β-unsaturated/α-hetero) is 2. The molecule has 0 aliphatic carbocycles. The minimum atomic E-state index is -0.451. The van der Waals surface area contributed by atoms with Crippen molar-refractivity contribution in [3.05, 3.63) is 241 Å². The lowest BCUT2D eigenvalue weighted by Gasteiger charge is -2.10. The van der Waals surface area contributed by atoms with Crippen molar-refractivity contribution in [1.29, 1.82) is 0 Å². The number of halogens is 4. The first-order valence-electron chi connectivity index (χ1n) is 23.5. The second-order valence-electron chi connectivity index (χ2n) is 17.4. The van der Waals surface area contributed by atoms with Crippen molar-refractivity contribution >= 4 is 161 Å². The summed E-state index contributed by atoms with van der Waals surface area (Å²) in [6, 6.07) is 74.1. The minimum absolute atomic E-state index is 0.116. The predicted octanol–water partition coefficient (Wildman–Crippen LogP) is 18.0. The van der Waals surface area contributed by atoms with Crippen LogP contribution in [0.5, 0.6) is 0 Å². The number of carbonyl (C=O) groups excluding carboxylic acids is 2. The van der Waals surface area contributed by atoms with E-state index in [9.17, 15) is 19.8 Å². The van der Waals surface area contributed by atoms with Crippen LogP contribution in [0.4, 0.5) is 0 Å². The fourth-order valence-corrected chi connectivity index (χ4v) is 10.6. The van der Waals surface area contributed by atoms with Gasteiger partial charge in [-0.1, -0.05) is 264 Å². The molecule has 0 amide bonds. The summed E-state index contributed by atoms with van der Waals surface area (Å²) in [4.78, 5) is 23.7. The number of hydrogen-bond acceptors (Lipinski definition) is 4. The van der Waals surface area contributed by atoms with Crippen LogP contribution in [0.25, 0.3) is 86.2 Å². The second kappa shape index (κ2) is 23.6. The summed E-state index contributed by atoms with van der Waals surface area (Å²) in [6.45, 7) is 0. The SMILES string of the molecule is O=C(CBr)c1ccc2ccc3ccccc3c2c1.O=C(CBr)c1cccc2c1ccc1ccccc12.OC(CBr)c1ccc2c(ccc3ccccc32)c1.OC(CBr)c1ccc2ccc3ccccc3c2c1. The van der Waals surface area contributed by atoms with E-state index in [1.54, 1.807) is 0 Å². The van der Waals surface area contributed by atoms with Crippen molar-refractivity contribution in [2.75, 3.05) is 21.3 Å². The van der Waals surface area contributed by atoms with Gasteiger partial charge in [-0.2, -0.15) is 0 Å². The van der Waals surface area contributed by atoms with Crippen LogP contribution in [0.2, 0.25) is 0 Å². The molecule has 0 heterocycles. The van der Waals surface area contributed by atoms with Gasteiger partial charge in [0, 0.05) is 21.8 Å². The molecule has 356 valence electrons. The van der Waals surface area contributed by atoms with E-state index < -0.39 is 12.2 Å². The Morgan fingerprint density at radius 1 is 0.319 bits per heavy atom. The van der Waals surface area contributed by atoms with Crippen molar-refractivity contribution in [3.63, 3.8) is 0 Å². The Morgan fingerprint density at radius 2 is 0.681 bits per heavy atom. The number of hydrogen-bond donors (Lipinski definition) is 2. The minimum Gasteiger partial charge on any atom is -0.388 e. The molecule has 0 aliphatic heterocycles. The van der Waals surface area contributed by atoms with Gasteiger partial charge >= 0.3 is 0 Å². The molecule has 12 aromatic rings. The standard InChI is InChI=1S/C16H11BrO.2C16H13BrO.C16H11BrO/c17-10-16(18)15-7-3-6-13-12-5-2-1-4-11(12)8-9-14(13)15;17-10-16(18)13-7-8-15-12(9-13)6-5-11-3-1-2-4-14(11)15;2*17-10-16(18)13-8-7-12-6-5-11-3-1-2-4-14(11)15(12)9-13/h1-9H,10H2;2*1-9,16,18H,10H2;1-9H,10H2. The van der Waals surface area contributed by atoms with Gasteiger partial charge in [0.1, 0.15) is 0 Å². The van der Waals surface area contributed by atoms with Gasteiger partial charge in [0.25, 0.3) is 0 Å². The molecule has 2 N–H and O–H groups in total. The summed E-state index contributed by atoms with van der Waals surface area (Å²) in [7, 11) is 0. The average molecular weight is 1200 g/mol. The molecule has 0 aliphatic rings. The number of carbonyl (C=O) groups is 2. The second-order valence-corrected chi connectivity index (χ2v) is 19.8. The lowest BCUT2D eigenvalue weighted by molar-refractivity contribution is 0.101. The smallest absolute Gasteiger partial charge is 0.173 e. The number of rotatable bonds is 8. The summed E-state index contributed by atoms with van der Waals surface area (Å²) >= 11 is 13.1. The molecule has 0 fully saturated rings. The molecule has 0 spiro atoms. The molecule has 0 saturated carbocycles. The highest BCUT2D eigenvalue weighted by atomic mass is 79.9. The lowest BCUT2D eigenvalue weighted by atomic mass is 9.97. The van der Waals surface area contributed by atoms with Crippen molar-refractivity contribution < 1.29 is 19.8 Å². The summed E-state index contributed by atoms with van der Waals surface area (Å²) < 4.78 is 0. The molecule has 8 heteroatoms. The average Bonchev–Trinajstić information content (AvgIpc) is 3.45. The molecule has 2 unspecified atom stereocenters. The van der Waals surface area contributed by atoms with Gasteiger partial charge < -0.3 is 10.2 Å². The molecule has 4 nitrogen and oxygen atoms in total. The van der Waals surface area contributed by atoms with Gasteiger partial charge in [-0.05, 0) is 116 Å². The Labute approximate surface area is 451 Å². The van der Waals surface area contributed by atoms with E-state index in [4.69, 9.17) is 0 Å². The van der Waals surface area contributed by atoms with Crippen LogP contribution in [0.1, 0.15) is 44.1 Å². The summed E-state index contributed by atoms with van der Waals surface area (Å²) in [6.07, 6.45) is -0.894. The van der Waals surface area contributed by atoms with E-state index in [1.165, 1.54) is 70.0 Å². The Morgan fingerprint density at radius 3 is 1.21 bits per heavy atom. The van der Waals surface area contributed by atoms with E-state index in [0.29, 0.717) is 21.3 Å². The maximum absolute atomic E-state index is 11.9. The molecular weight excluding hydrogens is 1150 g/mol. The summed E-state index contributed by atoms with van der Waals surface area (Å²) in [5.74, 6) is 0.237. The molecule has 12 rings (SSSR count). The van der Waals surface area contributed by atoms with Gasteiger partial charge in [-0.15, -0.1) is 0 Å². The zero-order valence-corrected chi connectivity index (χ0v) is 45.3. The first kappa shape index (κ1) is 50.8.